The van der Waals surface area contributed by atoms with Gasteiger partial charge < -0.3 is 15.8 Å². The highest BCUT2D eigenvalue weighted by Crippen LogP contribution is 2.39. The molecule has 0 heterocycles. The molecule has 184 valence electrons. The number of amides is 2. The molecule has 8 heteroatoms. The Morgan fingerprint density at radius 1 is 0.778 bits per heavy atom. The van der Waals surface area contributed by atoms with Crippen LogP contribution in [0, 0.1) is 0 Å². The first-order chi connectivity index (χ1) is 17.4. The molecule has 4 aromatic rings. The van der Waals surface area contributed by atoms with Crippen LogP contribution in [0.4, 0.5) is 16.2 Å². The van der Waals surface area contributed by atoms with Crippen LogP contribution in [-0.4, -0.2) is 21.1 Å². The summed E-state index contributed by atoms with van der Waals surface area (Å²) >= 11 is 0. The van der Waals surface area contributed by atoms with E-state index in [-0.39, 0.29) is 10.6 Å². The van der Waals surface area contributed by atoms with Crippen LogP contribution in [0.5, 0.6) is 0 Å². The predicted octanol–water partition coefficient (Wildman–Crippen LogP) is 5.65. The summed E-state index contributed by atoms with van der Waals surface area (Å²) in [5, 5.41) is 2.53. The highest BCUT2D eigenvalue weighted by atomic mass is 32.2. The molecular weight excluding hydrogens is 474 g/mol. The molecule has 0 saturated carbocycles. The maximum Gasteiger partial charge on any atom is 0.333 e. The lowest BCUT2D eigenvalue weighted by molar-refractivity contribution is 0.134. The van der Waals surface area contributed by atoms with Crippen molar-refractivity contribution in [2.45, 2.75) is 18.4 Å². The highest BCUT2D eigenvalue weighted by Gasteiger charge is 2.26. The number of hydrogen-bond donors (Lipinski definition) is 3. The van der Waals surface area contributed by atoms with E-state index in [1.165, 1.54) is 6.07 Å². The number of nitrogens with one attached hydrogen (secondary N) is 2. The molecule has 0 aliphatic carbocycles. The van der Waals surface area contributed by atoms with Crippen LogP contribution in [0.3, 0.4) is 0 Å². The molecule has 36 heavy (non-hydrogen) atoms. The molecule has 0 saturated heterocycles. The van der Waals surface area contributed by atoms with Gasteiger partial charge in [-0.2, -0.15) is 0 Å². The molecule has 0 bridgehead atoms. The molecule has 4 N–H and O–H groups in total. The van der Waals surface area contributed by atoms with Gasteiger partial charge in [-0.1, -0.05) is 78.9 Å². The lowest BCUT2D eigenvalue weighted by Crippen LogP contribution is -2.35. The van der Waals surface area contributed by atoms with Gasteiger partial charge in [0, 0.05) is 17.9 Å². The Balaban J connectivity index is 1.77. The molecule has 4 aromatic carbocycles. The number of carbonyl (C=O) groups is 1. The molecule has 0 radical (unpaired) electrons. The summed E-state index contributed by atoms with van der Waals surface area (Å²) in [6.07, 6.45) is 0. The van der Waals surface area contributed by atoms with Gasteiger partial charge in [0.1, 0.15) is 4.90 Å². The van der Waals surface area contributed by atoms with Gasteiger partial charge in [0.15, 0.2) is 0 Å². The van der Waals surface area contributed by atoms with Gasteiger partial charge in [-0.05, 0) is 47.4 Å². The molecule has 0 fully saturated rings. The van der Waals surface area contributed by atoms with Crippen molar-refractivity contribution < 1.29 is 17.9 Å². The lowest BCUT2D eigenvalue weighted by Gasteiger charge is -2.18. The van der Waals surface area contributed by atoms with Crippen LogP contribution in [-0.2, 0) is 21.4 Å². The van der Waals surface area contributed by atoms with Crippen molar-refractivity contribution in [2.75, 3.05) is 17.7 Å². The van der Waals surface area contributed by atoms with Crippen molar-refractivity contribution in [1.82, 2.24) is 4.72 Å². The minimum Gasteiger partial charge on any atom is -0.398 e. The second-order valence-corrected chi connectivity index (χ2v) is 9.61. The summed E-state index contributed by atoms with van der Waals surface area (Å²) in [6, 6.07) is 27.9. The maximum atomic E-state index is 13.4. The SMILES string of the molecule is CCOCc1ccccc1-c1ccccc1-c1cccc(N)c1S(=O)(=O)NC(=O)Nc1ccccc1. The van der Waals surface area contributed by atoms with Gasteiger partial charge >= 0.3 is 6.03 Å². The zero-order chi connectivity index (χ0) is 25.5. The fraction of sp³-hybridized carbons (Fsp3) is 0.107. The van der Waals surface area contributed by atoms with Crippen LogP contribution in [0.25, 0.3) is 22.3 Å². The molecule has 0 unspecified atom stereocenters. The van der Waals surface area contributed by atoms with E-state index in [9.17, 15) is 13.2 Å². The fourth-order valence-corrected chi connectivity index (χ4v) is 5.23. The Morgan fingerprint density at radius 2 is 1.36 bits per heavy atom. The van der Waals surface area contributed by atoms with E-state index in [4.69, 9.17) is 10.5 Å². The van der Waals surface area contributed by atoms with Gasteiger partial charge in [0.25, 0.3) is 10.0 Å². The second-order valence-electron chi connectivity index (χ2n) is 7.99. The highest BCUT2D eigenvalue weighted by molar-refractivity contribution is 7.90. The van der Waals surface area contributed by atoms with Crippen LogP contribution >= 0.6 is 0 Å². The van der Waals surface area contributed by atoms with Crippen molar-refractivity contribution in [1.29, 1.82) is 0 Å². The Kier molecular flexibility index (Phi) is 7.68. The Bertz CT molecular complexity index is 1470. The minimum atomic E-state index is -4.32. The quantitative estimate of drug-likeness (QED) is 0.270. The average molecular weight is 502 g/mol. The molecular formula is C28H27N3O4S. The molecule has 0 aliphatic heterocycles. The van der Waals surface area contributed by atoms with Gasteiger partial charge in [-0.25, -0.2) is 17.9 Å². The third-order valence-corrected chi connectivity index (χ3v) is 7.01. The minimum absolute atomic E-state index is 0.0323. The number of para-hydroxylation sites is 1. The molecule has 4 rings (SSSR count). The van der Waals surface area contributed by atoms with Crippen LogP contribution in [0.2, 0.25) is 0 Å². The van der Waals surface area contributed by atoms with Crippen molar-refractivity contribution >= 4 is 27.4 Å². The second kappa shape index (κ2) is 11.1. The fourth-order valence-electron chi connectivity index (χ4n) is 3.99. The Hall–Kier alpha value is -4.14. The van der Waals surface area contributed by atoms with Crippen molar-refractivity contribution in [3.63, 3.8) is 0 Å². The Labute approximate surface area is 211 Å². The van der Waals surface area contributed by atoms with Crippen LogP contribution in [0.15, 0.2) is 102 Å². The molecule has 0 atom stereocenters. The summed E-state index contributed by atoms with van der Waals surface area (Å²) in [7, 11) is -4.32. The first-order valence-electron chi connectivity index (χ1n) is 11.4. The number of nitrogens with two attached hydrogens (primary N) is 1. The van der Waals surface area contributed by atoms with E-state index < -0.39 is 16.1 Å². The molecule has 0 aliphatic rings. The molecule has 0 aromatic heterocycles. The standard InChI is InChI=1S/C28H27N3O4S/c1-2-35-19-20-11-6-7-14-22(20)23-15-8-9-16-24(23)25-17-10-18-26(29)27(25)36(33,34)31-28(32)30-21-12-4-3-5-13-21/h3-18H,2,19,29H2,1H3,(H2,30,31,32). The summed E-state index contributed by atoms with van der Waals surface area (Å²) < 4.78 is 34.6. The number of benzene rings is 4. The zero-order valence-electron chi connectivity index (χ0n) is 19.8. The van der Waals surface area contributed by atoms with Crippen molar-refractivity contribution in [2.24, 2.45) is 0 Å². The maximum absolute atomic E-state index is 13.4. The summed E-state index contributed by atoms with van der Waals surface area (Å²) in [4.78, 5) is 12.4. The van der Waals surface area contributed by atoms with E-state index in [2.05, 4.69) is 10.0 Å². The first kappa shape index (κ1) is 25.0. The normalized spacial score (nSPS) is 11.1. The summed E-state index contributed by atoms with van der Waals surface area (Å²) in [5.41, 5.74) is 10.4. The van der Waals surface area contributed by atoms with Gasteiger partial charge in [-0.3, -0.25) is 0 Å². The van der Waals surface area contributed by atoms with E-state index in [1.807, 2.05) is 55.5 Å². The number of hydrogen-bond acceptors (Lipinski definition) is 5. The molecule has 7 nitrogen and oxygen atoms in total. The predicted molar refractivity (Wildman–Crippen MR) is 143 cm³/mol. The third-order valence-electron chi connectivity index (χ3n) is 5.56. The number of urea groups is 1. The van der Waals surface area contributed by atoms with Crippen LogP contribution < -0.4 is 15.8 Å². The summed E-state index contributed by atoms with van der Waals surface area (Å²) in [5.74, 6) is 0. The average Bonchev–Trinajstić information content (AvgIpc) is 2.87. The Morgan fingerprint density at radius 3 is 2.06 bits per heavy atom. The lowest BCUT2D eigenvalue weighted by atomic mass is 9.92. The number of ether oxygens (including phenoxy) is 1. The molecule has 0 spiro atoms. The van der Waals surface area contributed by atoms with Crippen molar-refractivity contribution in [3.05, 3.63) is 103 Å². The smallest absolute Gasteiger partial charge is 0.333 e. The van der Waals surface area contributed by atoms with E-state index >= 15 is 0 Å². The van der Waals surface area contributed by atoms with E-state index in [0.717, 1.165) is 16.7 Å². The van der Waals surface area contributed by atoms with E-state index in [1.54, 1.807) is 42.5 Å². The topological polar surface area (TPSA) is 111 Å². The monoisotopic (exact) mass is 501 g/mol. The van der Waals surface area contributed by atoms with Crippen molar-refractivity contribution in [3.8, 4) is 22.3 Å². The number of nitrogen functional groups attached to an aromatic ring is 1. The third kappa shape index (κ3) is 5.56. The zero-order valence-corrected chi connectivity index (χ0v) is 20.6. The molecule has 2 amide bonds. The van der Waals surface area contributed by atoms with Gasteiger partial charge in [0.2, 0.25) is 0 Å². The van der Waals surface area contributed by atoms with Gasteiger partial charge in [0.05, 0.1) is 12.3 Å². The van der Waals surface area contributed by atoms with Gasteiger partial charge in [-0.15, -0.1) is 0 Å². The number of sulfonamides is 1. The van der Waals surface area contributed by atoms with E-state index in [0.29, 0.717) is 30.0 Å². The summed E-state index contributed by atoms with van der Waals surface area (Å²) in [6.45, 7) is 2.93. The number of rotatable bonds is 8. The number of carbonyl (C=O) groups excluding carboxylic acids is 1. The number of anilines is 2. The van der Waals surface area contributed by atoms with Crippen LogP contribution in [0.1, 0.15) is 12.5 Å². The largest absolute Gasteiger partial charge is 0.398 e. The first-order valence-corrected chi connectivity index (χ1v) is 12.9.